The molecule has 3 heteroatoms. The molecule has 3 nitrogen and oxygen atoms in total. The van der Waals surface area contributed by atoms with Gasteiger partial charge in [-0.2, -0.15) is 0 Å². The molecule has 1 aliphatic heterocycles. The van der Waals surface area contributed by atoms with Gasteiger partial charge in [-0.15, -0.1) is 0 Å². The zero-order valence-electron chi connectivity index (χ0n) is 14.0. The third-order valence-electron chi connectivity index (χ3n) is 4.93. The first kappa shape index (κ1) is 15.2. The second-order valence-electron chi connectivity index (χ2n) is 6.40. The molecule has 2 aromatic carbocycles. The van der Waals surface area contributed by atoms with E-state index in [0.29, 0.717) is 6.04 Å². The topological polar surface area (TPSA) is 25.4 Å². The van der Waals surface area contributed by atoms with E-state index in [0.717, 1.165) is 24.4 Å². The van der Waals surface area contributed by atoms with Crippen molar-refractivity contribution in [1.82, 2.24) is 9.88 Å². The Labute approximate surface area is 142 Å². The van der Waals surface area contributed by atoms with Gasteiger partial charge in [-0.05, 0) is 48.7 Å². The van der Waals surface area contributed by atoms with E-state index in [1.165, 1.54) is 29.4 Å². The molecule has 1 fully saturated rings. The smallest absolute Gasteiger partial charge is 0.119 e. The average molecular weight is 318 g/mol. The summed E-state index contributed by atoms with van der Waals surface area (Å²) in [4.78, 5) is 7.17. The predicted octanol–water partition coefficient (Wildman–Crippen LogP) is 4.58. The fourth-order valence-corrected chi connectivity index (χ4v) is 3.76. The summed E-state index contributed by atoms with van der Waals surface area (Å²) < 4.78 is 5.40. The molecule has 0 radical (unpaired) electrons. The lowest BCUT2D eigenvalue weighted by Crippen LogP contribution is -2.23. The highest BCUT2D eigenvalue weighted by Gasteiger charge is 2.26. The zero-order valence-corrected chi connectivity index (χ0v) is 14.0. The molecule has 0 N–H and O–H groups in total. The lowest BCUT2D eigenvalue weighted by molar-refractivity contribution is 0.249. The number of likely N-dealkylation sites (tertiary alicyclic amines) is 1. The largest absolute Gasteiger partial charge is 0.497 e. The first-order valence-electron chi connectivity index (χ1n) is 8.56. The van der Waals surface area contributed by atoms with Crippen LogP contribution in [-0.4, -0.2) is 23.5 Å². The van der Waals surface area contributed by atoms with Crippen LogP contribution in [0.15, 0.2) is 60.8 Å². The fourth-order valence-electron chi connectivity index (χ4n) is 3.76. The van der Waals surface area contributed by atoms with Gasteiger partial charge in [0.25, 0.3) is 0 Å². The quantitative estimate of drug-likeness (QED) is 0.704. The second-order valence-corrected chi connectivity index (χ2v) is 6.40. The van der Waals surface area contributed by atoms with Crippen LogP contribution in [0.4, 0.5) is 0 Å². The molecule has 0 spiro atoms. The molecule has 1 unspecified atom stereocenters. The van der Waals surface area contributed by atoms with Crippen molar-refractivity contribution in [2.75, 3.05) is 13.7 Å². The molecule has 0 amide bonds. The summed E-state index contributed by atoms with van der Waals surface area (Å²) in [5.74, 6) is 0.936. The van der Waals surface area contributed by atoms with Gasteiger partial charge in [0.15, 0.2) is 0 Å². The number of hydrogen-bond acceptors (Lipinski definition) is 3. The maximum Gasteiger partial charge on any atom is 0.119 e. The lowest BCUT2D eigenvalue weighted by atomic mass is 10.0. The molecular weight excluding hydrogens is 296 g/mol. The highest BCUT2D eigenvalue weighted by Crippen LogP contribution is 2.35. The van der Waals surface area contributed by atoms with E-state index in [4.69, 9.17) is 4.74 Å². The van der Waals surface area contributed by atoms with Gasteiger partial charge >= 0.3 is 0 Å². The molecule has 1 saturated heterocycles. The van der Waals surface area contributed by atoms with Crippen molar-refractivity contribution in [3.05, 3.63) is 71.9 Å². The summed E-state index contributed by atoms with van der Waals surface area (Å²) in [6.07, 6.45) is 4.32. The van der Waals surface area contributed by atoms with E-state index in [-0.39, 0.29) is 0 Å². The van der Waals surface area contributed by atoms with Gasteiger partial charge in [0, 0.05) is 24.2 Å². The molecule has 2 heterocycles. The highest BCUT2D eigenvalue weighted by molar-refractivity contribution is 5.81. The molecule has 1 aromatic heterocycles. The van der Waals surface area contributed by atoms with Gasteiger partial charge in [0.2, 0.25) is 0 Å². The minimum absolute atomic E-state index is 0.457. The Kier molecular flexibility index (Phi) is 4.18. The predicted molar refractivity (Wildman–Crippen MR) is 97.1 cm³/mol. The van der Waals surface area contributed by atoms with Crippen molar-refractivity contribution in [1.29, 1.82) is 0 Å². The third-order valence-corrected chi connectivity index (χ3v) is 4.93. The van der Waals surface area contributed by atoms with Gasteiger partial charge in [0.1, 0.15) is 5.75 Å². The van der Waals surface area contributed by atoms with Crippen molar-refractivity contribution in [2.24, 2.45) is 0 Å². The number of methoxy groups -OCH3 is 1. The summed E-state index contributed by atoms with van der Waals surface area (Å²) >= 11 is 0. The van der Waals surface area contributed by atoms with E-state index in [9.17, 15) is 0 Å². The number of aromatic nitrogens is 1. The number of rotatable bonds is 4. The molecule has 0 bridgehead atoms. The number of fused-ring (bicyclic) bond motifs is 1. The third kappa shape index (κ3) is 2.87. The summed E-state index contributed by atoms with van der Waals surface area (Å²) in [5.41, 5.74) is 3.78. The van der Waals surface area contributed by atoms with Crippen molar-refractivity contribution >= 4 is 10.9 Å². The van der Waals surface area contributed by atoms with Crippen LogP contribution in [0.2, 0.25) is 0 Å². The Morgan fingerprint density at radius 3 is 2.92 bits per heavy atom. The van der Waals surface area contributed by atoms with Crippen LogP contribution in [0.1, 0.15) is 30.0 Å². The Balaban J connectivity index is 1.63. The van der Waals surface area contributed by atoms with Crippen LogP contribution in [0, 0.1) is 0 Å². The normalized spacial score (nSPS) is 18.1. The lowest BCUT2D eigenvalue weighted by Gasteiger charge is -2.25. The van der Waals surface area contributed by atoms with Crippen LogP contribution in [-0.2, 0) is 6.54 Å². The van der Waals surface area contributed by atoms with E-state index >= 15 is 0 Å². The van der Waals surface area contributed by atoms with Crippen LogP contribution >= 0.6 is 0 Å². The number of pyridine rings is 1. The van der Waals surface area contributed by atoms with E-state index < -0.39 is 0 Å². The van der Waals surface area contributed by atoms with Crippen LogP contribution in [0.25, 0.3) is 10.9 Å². The van der Waals surface area contributed by atoms with E-state index in [1.807, 2.05) is 18.3 Å². The van der Waals surface area contributed by atoms with Crippen molar-refractivity contribution in [3.8, 4) is 5.75 Å². The average Bonchev–Trinajstić information content (AvgIpc) is 3.10. The fraction of sp³-hybridized carbons (Fsp3) is 0.286. The highest BCUT2D eigenvalue weighted by atomic mass is 16.5. The maximum atomic E-state index is 5.40. The summed E-state index contributed by atoms with van der Waals surface area (Å²) in [7, 11) is 1.73. The molecule has 1 aliphatic rings. The number of para-hydroxylation sites is 1. The second kappa shape index (κ2) is 6.62. The minimum Gasteiger partial charge on any atom is -0.497 e. The first-order valence-corrected chi connectivity index (χ1v) is 8.56. The Bertz CT molecular complexity index is 841. The van der Waals surface area contributed by atoms with E-state index in [1.54, 1.807) is 7.11 Å². The molecule has 0 saturated carbocycles. The maximum absolute atomic E-state index is 5.40. The number of hydrogen-bond donors (Lipinski definition) is 0. The molecule has 122 valence electrons. The SMILES string of the molecule is COc1cccc(C2CCCN2Cc2cccc3cccnc23)c1. The molecule has 4 rings (SSSR count). The van der Waals surface area contributed by atoms with Crippen LogP contribution in [0.5, 0.6) is 5.75 Å². The molecule has 1 atom stereocenters. The zero-order chi connectivity index (χ0) is 16.4. The van der Waals surface area contributed by atoms with E-state index in [2.05, 4.69) is 52.3 Å². The monoisotopic (exact) mass is 318 g/mol. The van der Waals surface area contributed by atoms with Gasteiger partial charge in [-0.3, -0.25) is 9.88 Å². The van der Waals surface area contributed by atoms with Gasteiger partial charge in [0.05, 0.1) is 12.6 Å². The van der Waals surface area contributed by atoms with Gasteiger partial charge in [-0.25, -0.2) is 0 Å². The number of nitrogens with zero attached hydrogens (tertiary/aromatic N) is 2. The van der Waals surface area contributed by atoms with Crippen LogP contribution in [0.3, 0.4) is 0 Å². The minimum atomic E-state index is 0.457. The number of benzene rings is 2. The first-order chi connectivity index (χ1) is 11.8. The van der Waals surface area contributed by atoms with Crippen molar-refractivity contribution in [3.63, 3.8) is 0 Å². The summed E-state index contributed by atoms with van der Waals surface area (Å²) in [6.45, 7) is 2.07. The Morgan fingerprint density at radius 1 is 1.12 bits per heavy atom. The van der Waals surface area contributed by atoms with Crippen molar-refractivity contribution in [2.45, 2.75) is 25.4 Å². The van der Waals surface area contributed by atoms with Gasteiger partial charge < -0.3 is 4.74 Å². The molecular formula is C21H22N2O. The summed E-state index contributed by atoms with van der Waals surface area (Å²) in [6, 6.07) is 19.6. The molecule has 24 heavy (non-hydrogen) atoms. The Morgan fingerprint density at radius 2 is 2.00 bits per heavy atom. The molecule has 0 aliphatic carbocycles. The standard InChI is InChI=1S/C21H22N2O/c1-24-19-10-3-7-17(14-19)20-11-5-13-23(20)15-18-8-2-6-16-9-4-12-22-21(16)18/h2-4,6-10,12,14,20H,5,11,13,15H2,1H3. The summed E-state index contributed by atoms with van der Waals surface area (Å²) in [5, 5.41) is 1.21. The van der Waals surface area contributed by atoms with Crippen LogP contribution < -0.4 is 4.74 Å². The van der Waals surface area contributed by atoms with Gasteiger partial charge in [-0.1, -0.05) is 36.4 Å². The Hall–Kier alpha value is -2.39. The number of ether oxygens (including phenoxy) is 1. The van der Waals surface area contributed by atoms with Crippen molar-refractivity contribution < 1.29 is 4.74 Å². The molecule has 3 aromatic rings.